The summed E-state index contributed by atoms with van der Waals surface area (Å²) in [4.78, 5) is 0.685. The van der Waals surface area contributed by atoms with E-state index >= 15 is 0 Å². The highest BCUT2D eigenvalue weighted by atomic mass is 32.2. The van der Waals surface area contributed by atoms with Gasteiger partial charge in [0.25, 0.3) is 0 Å². The Hall–Kier alpha value is -1.62. The van der Waals surface area contributed by atoms with Crippen LogP contribution in [0.5, 0.6) is 0 Å². The van der Waals surface area contributed by atoms with Gasteiger partial charge in [0.15, 0.2) is 0 Å². The number of halogens is 3. The number of hydrogen-bond donors (Lipinski definition) is 1. The van der Waals surface area contributed by atoms with E-state index in [9.17, 15) is 13.2 Å². The normalized spacial score (nSPS) is 10.5. The van der Waals surface area contributed by atoms with Gasteiger partial charge in [0.2, 0.25) is 0 Å². The Morgan fingerprint density at radius 2 is 1.65 bits per heavy atom. The molecule has 0 atom stereocenters. The Morgan fingerprint density at radius 3 is 2.29 bits per heavy atom. The standard InChI is InChI=1S/C12H8F3NS/c13-7-1-2-12(11(15)5-7)17-10-4-8(14)3-9(16)6-10/h1-6H,16H2. The van der Waals surface area contributed by atoms with Gasteiger partial charge in [-0.15, -0.1) is 0 Å². The van der Waals surface area contributed by atoms with Gasteiger partial charge in [0, 0.05) is 21.5 Å². The average Bonchev–Trinajstić information content (AvgIpc) is 2.21. The van der Waals surface area contributed by atoms with Gasteiger partial charge >= 0.3 is 0 Å². The summed E-state index contributed by atoms with van der Waals surface area (Å²) in [5.41, 5.74) is 5.73. The lowest BCUT2D eigenvalue weighted by Crippen LogP contribution is -1.88. The first kappa shape index (κ1) is 11.9. The van der Waals surface area contributed by atoms with Crippen molar-refractivity contribution >= 4 is 17.4 Å². The number of nitrogen functional groups attached to an aromatic ring is 1. The molecule has 0 aliphatic heterocycles. The van der Waals surface area contributed by atoms with E-state index < -0.39 is 17.5 Å². The Labute approximate surface area is 100 Å². The number of nitrogens with two attached hydrogens (primary N) is 1. The minimum absolute atomic E-state index is 0.219. The molecule has 0 saturated carbocycles. The molecule has 0 aliphatic rings. The number of hydrogen-bond acceptors (Lipinski definition) is 2. The molecule has 0 heterocycles. The van der Waals surface area contributed by atoms with Crippen LogP contribution in [-0.4, -0.2) is 0 Å². The van der Waals surface area contributed by atoms with Crippen LogP contribution in [0, 0.1) is 17.5 Å². The van der Waals surface area contributed by atoms with Crippen LogP contribution in [0.25, 0.3) is 0 Å². The maximum absolute atomic E-state index is 13.4. The molecule has 2 aromatic carbocycles. The summed E-state index contributed by atoms with van der Waals surface area (Å²) in [6.07, 6.45) is 0. The van der Waals surface area contributed by atoms with E-state index in [1.807, 2.05) is 0 Å². The molecule has 0 saturated heterocycles. The highest BCUT2D eigenvalue weighted by Crippen LogP contribution is 2.31. The minimum atomic E-state index is -0.683. The van der Waals surface area contributed by atoms with Crippen molar-refractivity contribution in [1.82, 2.24) is 0 Å². The molecule has 0 fully saturated rings. The summed E-state index contributed by atoms with van der Waals surface area (Å²) in [5, 5.41) is 0. The lowest BCUT2D eigenvalue weighted by molar-refractivity contribution is 0.565. The van der Waals surface area contributed by atoms with Gasteiger partial charge in [0.05, 0.1) is 0 Å². The third kappa shape index (κ3) is 2.94. The monoisotopic (exact) mass is 255 g/mol. The topological polar surface area (TPSA) is 26.0 Å². The molecule has 0 radical (unpaired) electrons. The first-order chi connectivity index (χ1) is 8.04. The molecule has 0 unspecified atom stereocenters. The largest absolute Gasteiger partial charge is 0.399 e. The highest BCUT2D eigenvalue weighted by molar-refractivity contribution is 7.99. The molecule has 2 rings (SSSR count). The van der Waals surface area contributed by atoms with E-state index in [1.54, 1.807) is 0 Å². The summed E-state index contributed by atoms with van der Waals surface area (Å²) < 4.78 is 39.1. The lowest BCUT2D eigenvalue weighted by Gasteiger charge is -2.04. The van der Waals surface area contributed by atoms with Crippen molar-refractivity contribution in [2.75, 3.05) is 5.73 Å². The van der Waals surface area contributed by atoms with Crippen LogP contribution in [-0.2, 0) is 0 Å². The molecule has 88 valence electrons. The van der Waals surface area contributed by atoms with E-state index in [1.165, 1.54) is 24.3 Å². The van der Waals surface area contributed by atoms with Crippen LogP contribution in [0.15, 0.2) is 46.2 Å². The summed E-state index contributed by atoms with van der Waals surface area (Å²) in [6.45, 7) is 0. The molecule has 5 heteroatoms. The second kappa shape index (κ2) is 4.71. The maximum atomic E-state index is 13.4. The number of benzene rings is 2. The molecule has 1 nitrogen and oxygen atoms in total. The van der Waals surface area contributed by atoms with Gasteiger partial charge in [-0.3, -0.25) is 0 Å². The zero-order valence-electron chi connectivity index (χ0n) is 8.58. The second-order valence-electron chi connectivity index (χ2n) is 3.40. The summed E-state index contributed by atoms with van der Waals surface area (Å²) in [6, 6.07) is 7.17. The third-order valence-corrected chi connectivity index (χ3v) is 3.04. The second-order valence-corrected chi connectivity index (χ2v) is 4.51. The third-order valence-electron chi connectivity index (χ3n) is 2.02. The fraction of sp³-hybridized carbons (Fsp3) is 0. The average molecular weight is 255 g/mol. The fourth-order valence-corrected chi connectivity index (χ4v) is 2.24. The fourth-order valence-electron chi connectivity index (χ4n) is 1.33. The van der Waals surface area contributed by atoms with E-state index in [0.29, 0.717) is 4.90 Å². The van der Waals surface area contributed by atoms with Gasteiger partial charge < -0.3 is 5.73 Å². The molecular weight excluding hydrogens is 247 g/mol. The van der Waals surface area contributed by atoms with Crippen LogP contribution in [0.4, 0.5) is 18.9 Å². The SMILES string of the molecule is Nc1cc(F)cc(Sc2ccc(F)cc2F)c1. The van der Waals surface area contributed by atoms with E-state index in [-0.39, 0.29) is 10.6 Å². The van der Waals surface area contributed by atoms with Crippen molar-refractivity contribution in [3.63, 3.8) is 0 Å². The van der Waals surface area contributed by atoms with Gasteiger partial charge in [0.1, 0.15) is 17.5 Å². The van der Waals surface area contributed by atoms with E-state index in [2.05, 4.69) is 0 Å². The Balaban J connectivity index is 2.31. The predicted octanol–water partition coefficient (Wildman–Crippen LogP) is 3.84. The minimum Gasteiger partial charge on any atom is -0.399 e. The Bertz CT molecular complexity index is 537. The van der Waals surface area contributed by atoms with Crippen molar-refractivity contribution in [3.05, 3.63) is 53.8 Å². The number of anilines is 1. The molecule has 17 heavy (non-hydrogen) atoms. The summed E-state index contributed by atoms with van der Waals surface area (Å²) in [7, 11) is 0. The molecule has 2 N–H and O–H groups in total. The smallest absolute Gasteiger partial charge is 0.140 e. The molecule has 2 aromatic rings. The van der Waals surface area contributed by atoms with E-state index in [0.717, 1.165) is 23.9 Å². The highest BCUT2D eigenvalue weighted by Gasteiger charge is 2.07. The molecule has 0 aromatic heterocycles. The lowest BCUT2D eigenvalue weighted by atomic mass is 10.3. The maximum Gasteiger partial charge on any atom is 0.140 e. The van der Waals surface area contributed by atoms with Gasteiger partial charge in [-0.25, -0.2) is 13.2 Å². The quantitative estimate of drug-likeness (QED) is 0.825. The Morgan fingerprint density at radius 1 is 0.882 bits per heavy atom. The first-order valence-electron chi connectivity index (χ1n) is 4.73. The van der Waals surface area contributed by atoms with Crippen molar-refractivity contribution < 1.29 is 13.2 Å². The molecule has 0 bridgehead atoms. The van der Waals surface area contributed by atoms with Crippen molar-refractivity contribution in [3.8, 4) is 0 Å². The molecule has 0 amide bonds. The number of rotatable bonds is 2. The van der Waals surface area contributed by atoms with Gasteiger partial charge in [-0.1, -0.05) is 11.8 Å². The van der Waals surface area contributed by atoms with Crippen LogP contribution < -0.4 is 5.73 Å². The Kier molecular flexibility index (Phi) is 3.28. The van der Waals surface area contributed by atoms with Crippen LogP contribution >= 0.6 is 11.8 Å². The summed E-state index contributed by atoms with van der Waals surface area (Å²) >= 11 is 0.990. The van der Waals surface area contributed by atoms with Crippen LogP contribution in [0.2, 0.25) is 0 Å². The summed E-state index contributed by atoms with van der Waals surface area (Å²) in [5.74, 6) is -1.82. The van der Waals surface area contributed by atoms with Crippen LogP contribution in [0.3, 0.4) is 0 Å². The molecule has 0 spiro atoms. The predicted molar refractivity (Wildman–Crippen MR) is 61.3 cm³/mol. The molecular formula is C12H8F3NS. The zero-order valence-corrected chi connectivity index (χ0v) is 9.40. The van der Waals surface area contributed by atoms with Crippen molar-refractivity contribution in [1.29, 1.82) is 0 Å². The zero-order chi connectivity index (χ0) is 12.4. The van der Waals surface area contributed by atoms with Crippen molar-refractivity contribution in [2.24, 2.45) is 0 Å². The van der Waals surface area contributed by atoms with E-state index in [4.69, 9.17) is 5.73 Å². The van der Waals surface area contributed by atoms with Gasteiger partial charge in [-0.05, 0) is 30.3 Å². The van der Waals surface area contributed by atoms with Crippen LogP contribution in [0.1, 0.15) is 0 Å². The van der Waals surface area contributed by atoms with Crippen molar-refractivity contribution in [2.45, 2.75) is 9.79 Å². The molecule has 0 aliphatic carbocycles. The van der Waals surface area contributed by atoms with Gasteiger partial charge in [-0.2, -0.15) is 0 Å². The first-order valence-corrected chi connectivity index (χ1v) is 5.55.